The van der Waals surface area contributed by atoms with Crippen LogP contribution in [-0.4, -0.2) is 16.6 Å². The normalized spacial score (nSPS) is 11.6. The van der Waals surface area contributed by atoms with Crippen LogP contribution in [0.1, 0.15) is 12.5 Å². The molecule has 0 unspecified atom stereocenters. The second-order valence-electron chi connectivity index (χ2n) is 6.33. The Bertz CT molecular complexity index is 1190. The van der Waals surface area contributed by atoms with Gasteiger partial charge in [0, 0.05) is 16.6 Å². The standard InChI is InChI=1S/C21H15ClF3N3OS/c1-2-29-14-6-3-12(4-7-14)15-10-30-20-18(15)19(26-11-27-20)28-13-5-8-17(22)16(9-13)21(23,24)25/h3-11H,2H2,1H3,(H,26,27,28). The quantitative estimate of drug-likeness (QED) is 0.350. The van der Waals surface area contributed by atoms with Gasteiger partial charge in [0.2, 0.25) is 0 Å². The van der Waals surface area contributed by atoms with Gasteiger partial charge in [-0.25, -0.2) is 9.97 Å². The van der Waals surface area contributed by atoms with Crippen molar-refractivity contribution in [2.75, 3.05) is 11.9 Å². The van der Waals surface area contributed by atoms with Gasteiger partial charge in [0.05, 0.1) is 22.6 Å². The summed E-state index contributed by atoms with van der Waals surface area (Å²) in [6.45, 7) is 2.49. The maximum absolute atomic E-state index is 13.2. The van der Waals surface area contributed by atoms with E-state index >= 15 is 0 Å². The number of hydrogen-bond acceptors (Lipinski definition) is 5. The van der Waals surface area contributed by atoms with Gasteiger partial charge >= 0.3 is 6.18 Å². The van der Waals surface area contributed by atoms with Crippen LogP contribution in [-0.2, 0) is 6.18 Å². The number of nitrogens with zero attached hydrogens (tertiary/aromatic N) is 2. The predicted octanol–water partition coefficient (Wildman–Crippen LogP) is 7.17. The summed E-state index contributed by atoms with van der Waals surface area (Å²) in [6, 6.07) is 11.3. The largest absolute Gasteiger partial charge is 0.494 e. The molecule has 0 aliphatic rings. The smallest absolute Gasteiger partial charge is 0.417 e. The number of anilines is 2. The molecule has 1 N–H and O–H groups in total. The molecule has 2 aromatic carbocycles. The van der Waals surface area contributed by atoms with Crippen LogP contribution in [0.2, 0.25) is 5.02 Å². The molecule has 4 rings (SSSR count). The number of ether oxygens (including phenoxy) is 1. The van der Waals surface area contributed by atoms with Crippen LogP contribution in [0.15, 0.2) is 54.2 Å². The second kappa shape index (κ2) is 8.12. The van der Waals surface area contributed by atoms with E-state index in [4.69, 9.17) is 16.3 Å². The van der Waals surface area contributed by atoms with E-state index in [0.29, 0.717) is 12.4 Å². The van der Waals surface area contributed by atoms with Gasteiger partial charge in [-0.05, 0) is 42.8 Å². The Morgan fingerprint density at radius 3 is 2.57 bits per heavy atom. The number of nitrogens with one attached hydrogen (secondary N) is 1. The summed E-state index contributed by atoms with van der Waals surface area (Å²) in [4.78, 5) is 9.28. The number of benzene rings is 2. The Morgan fingerprint density at radius 2 is 1.87 bits per heavy atom. The van der Waals surface area contributed by atoms with E-state index in [1.807, 2.05) is 36.6 Å². The molecular formula is C21H15ClF3N3OS. The Labute approximate surface area is 179 Å². The summed E-state index contributed by atoms with van der Waals surface area (Å²) < 4.78 is 45.1. The van der Waals surface area contributed by atoms with Crippen molar-refractivity contribution in [1.82, 2.24) is 9.97 Å². The first-order valence-electron chi connectivity index (χ1n) is 8.96. The summed E-state index contributed by atoms with van der Waals surface area (Å²) in [5, 5.41) is 5.31. The number of alkyl halides is 3. The molecule has 0 fully saturated rings. The van der Waals surface area contributed by atoms with Crippen molar-refractivity contribution in [1.29, 1.82) is 0 Å². The van der Waals surface area contributed by atoms with Crippen LogP contribution in [0.5, 0.6) is 5.75 Å². The van der Waals surface area contributed by atoms with Crippen molar-refractivity contribution >= 4 is 44.7 Å². The monoisotopic (exact) mass is 449 g/mol. The molecule has 2 heterocycles. The van der Waals surface area contributed by atoms with Crippen molar-refractivity contribution in [3.8, 4) is 16.9 Å². The third-order valence-electron chi connectivity index (χ3n) is 4.38. The minimum atomic E-state index is -4.55. The molecule has 0 spiro atoms. The van der Waals surface area contributed by atoms with Crippen LogP contribution >= 0.6 is 22.9 Å². The fourth-order valence-electron chi connectivity index (χ4n) is 3.04. The van der Waals surface area contributed by atoms with Gasteiger partial charge in [-0.15, -0.1) is 11.3 Å². The van der Waals surface area contributed by atoms with Gasteiger partial charge in [0.25, 0.3) is 0 Å². The van der Waals surface area contributed by atoms with Gasteiger partial charge in [-0.2, -0.15) is 13.2 Å². The summed E-state index contributed by atoms with van der Waals surface area (Å²) in [6.07, 6.45) is -3.17. The maximum atomic E-state index is 13.2. The van der Waals surface area contributed by atoms with E-state index in [2.05, 4.69) is 15.3 Å². The lowest BCUT2D eigenvalue weighted by atomic mass is 10.1. The predicted molar refractivity (Wildman–Crippen MR) is 114 cm³/mol. The highest BCUT2D eigenvalue weighted by atomic mass is 35.5. The molecule has 0 aliphatic carbocycles. The zero-order valence-corrected chi connectivity index (χ0v) is 17.2. The highest BCUT2D eigenvalue weighted by molar-refractivity contribution is 7.17. The number of halogens is 4. The van der Waals surface area contributed by atoms with E-state index in [-0.39, 0.29) is 10.7 Å². The average Bonchev–Trinajstić information content (AvgIpc) is 3.15. The molecule has 0 atom stereocenters. The maximum Gasteiger partial charge on any atom is 0.417 e. The van der Waals surface area contributed by atoms with Crippen LogP contribution in [0, 0.1) is 0 Å². The van der Waals surface area contributed by atoms with E-state index in [9.17, 15) is 13.2 Å². The summed E-state index contributed by atoms with van der Waals surface area (Å²) in [5.41, 5.74) is 1.13. The fourth-order valence-corrected chi connectivity index (χ4v) is 4.18. The van der Waals surface area contributed by atoms with E-state index in [1.54, 1.807) is 0 Å². The summed E-state index contributed by atoms with van der Waals surface area (Å²) in [7, 11) is 0. The second-order valence-corrected chi connectivity index (χ2v) is 7.59. The highest BCUT2D eigenvalue weighted by Gasteiger charge is 2.33. The lowest BCUT2D eigenvalue weighted by molar-refractivity contribution is -0.137. The molecule has 0 saturated carbocycles. The van der Waals surface area contributed by atoms with Crippen LogP contribution in [0.4, 0.5) is 24.7 Å². The molecule has 4 aromatic rings. The molecule has 4 nitrogen and oxygen atoms in total. The first-order chi connectivity index (χ1) is 14.4. The minimum absolute atomic E-state index is 0.232. The number of rotatable bonds is 5. The zero-order chi connectivity index (χ0) is 21.3. The molecular weight excluding hydrogens is 435 g/mol. The Balaban J connectivity index is 1.75. The number of aromatic nitrogens is 2. The molecule has 2 aromatic heterocycles. The fraction of sp³-hybridized carbons (Fsp3) is 0.143. The van der Waals surface area contributed by atoms with Crippen molar-refractivity contribution in [3.63, 3.8) is 0 Å². The van der Waals surface area contributed by atoms with Gasteiger partial charge in [-0.1, -0.05) is 23.7 Å². The highest BCUT2D eigenvalue weighted by Crippen LogP contribution is 2.40. The molecule has 0 aliphatic heterocycles. The third-order valence-corrected chi connectivity index (χ3v) is 5.60. The van der Waals surface area contributed by atoms with Crippen molar-refractivity contribution < 1.29 is 17.9 Å². The first kappa shape index (κ1) is 20.4. The summed E-state index contributed by atoms with van der Waals surface area (Å²) in [5.74, 6) is 1.18. The number of thiophene rings is 1. The SMILES string of the molecule is CCOc1ccc(-c2csc3ncnc(Nc4ccc(Cl)c(C(F)(F)F)c4)c23)cc1. The average molecular weight is 450 g/mol. The molecule has 154 valence electrons. The Hall–Kier alpha value is -2.84. The lowest BCUT2D eigenvalue weighted by Crippen LogP contribution is -2.06. The number of fused-ring (bicyclic) bond motifs is 1. The molecule has 9 heteroatoms. The molecule has 0 radical (unpaired) electrons. The van der Waals surface area contributed by atoms with Gasteiger partial charge in [0.15, 0.2) is 0 Å². The third kappa shape index (κ3) is 4.06. The van der Waals surface area contributed by atoms with Crippen LogP contribution in [0.25, 0.3) is 21.3 Å². The molecule has 0 bridgehead atoms. The van der Waals surface area contributed by atoms with Gasteiger partial charge in [0.1, 0.15) is 22.7 Å². The zero-order valence-electron chi connectivity index (χ0n) is 15.6. The molecule has 30 heavy (non-hydrogen) atoms. The minimum Gasteiger partial charge on any atom is -0.494 e. The topological polar surface area (TPSA) is 47.0 Å². The van der Waals surface area contributed by atoms with Gasteiger partial charge in [-0.3, -0.25) is 0 Å². The Kier molecular flexibility index (Phi) is 5.53. The Morgan fingerprint density at radius 1 is 1.10 bits per heavy atom. The number of hydrogen-bond donors (Lipinski definition) is 1. The van der Waals surface area contributed by atoms with Crippen molar-refractivity contribution in [2.24, 2.45) is 0 Å². The van der Waals surface area contributed by atoms with Crippen molar-refractivity contribution in [2.45, 2.75) is 13.1 Å². The van der Waals surface area contributed by atoms with Gasteiger partial charge < -0.3 is 10.1 Å². The van der Waals surface area contributed by atoms with E-state index in [1.165, 1.54) is 29.8 Å². The van der Waals surface area contributed by atoms with E-state index < -0.39 is 11.7 Å². The van der Waals surface area contributed by atoms with E-state index in [0.717, 1.165) is 33.2 Å². The lowest BCUT2D eigenvalue weighted by Gasteiger charge is -2.13. The molecule has 0 saturated heterocycles. The van der Waals surface area contributed by atoms with Crippen LogP contribution in [0.3, 0.4) is 0 Å². The first-order valence-corrected chi connectivity index (χ1v) is 10.2. The summed E-state index contributed by atoms with van der Waals surface area (Å²) >= 11 is 7.15. The van der Waals surface area contributed by atoms with Crippen molar-refractivity contribution in [3.05, 3.63) is 64.8 Å². The van der Waals surface area contributed by atoms with Crippen LogP contribution < -0.4 is 10.1 Å². The molecule has 0 amide bonds.